The van der Waals surface area contributed by atoms with Crippen molar-refractivity contribution in [3.8, 4) is 0 Å². The van der Waals surface area contributed by atoms with Gasteiger partial charge in [-0.15, -0.1) is 0 Å². The second kappa shape index (κ2) is 6.17. The number of nitrogens with zero attached hydrogens (tertiary/aromatic N) is 1. The van der Waals surface area contributed by atoms with Crippen molar-refractivity contribution < 1.29 is 5.11 Å². The van der Waals surface area contributed by atoms with Crippen LogP contribution in [0.1, 0.15) is 20.3 Å². The Bertz CT molecular complexity index is 186. The molecule has 0 radical (unpaired) electrons. The van der Waals surface area contributed by atoms with Gasteiger partial charge in [-0.2, -0.15) is 0 Å². The summed E-state index contributed by atoms with van der Waals surface area (Å²) in [7, 11) is 0. The van der Waals surface area contributed by atoms with Crippen LogP contribution in [0.4, 0.5) is 0 Å². The molecule has 1 saturated heterocycles. The number of rotatable bonds is 4. The second-order valence-electron chi connectivity index (χ2n) is 4.15. The SMILES string of the molecule is CC(C)=CCN1CCNC[C@H]1CCO. The van der Waals surface area contributed by atoms with E-state index in [2.05, 4.69) is 30.1 Å². The number of aliphatic hydroxyl groups is 1. The Labute approximate surface area is 86.8 Å². The van der Waals surface area contributed by atoms with E-state index >= 15 is 0 Å². The van der Waals surface area contributed by atoms with E-state index in [0.29, 0.717) is 6.04 Å². The summed E-state index contributed by atoms with van der Waals surface area (Å²) in [6, 6.07) is 0.504. The Morgan fingerprint density at radius 1 is 1.57 bits per heavy atom. The summed E-state index contributed by atoms with van der Waals surface area (Å²) in [6.07, 6.45) is 3.14. The molecule has 3 heteroatoms. The van der Waals surface area contributed by atoms with E-state index < -0.39 is 0 Å². The summed E-state index contributed by atoms with van der Waals surface area (Å²) in [6.45, 7) is 8.74. The predicted molar refractivity (Wildman–Crippen MR) is 59.4 cm³/mol. The Balaban J connectivity index is 2.41. The molecular formula is C11H22N2O. The minimum Gasteiger partial charge on any atom is -0.396 e. The van der Waals surface area contributed by atoms with E-state index in [-0.39, 0.29) is 6.61 Å². The van der Waals surface area contributed by atoms with E-state index in [0.717, 1.165) is 32.6 Å². The standard InChI is InChI=1S/C11H22N2O/c1-10(2)3-6-13-7-5-12-9-11(13)4-8-14/h3,11-12,14H,4-9H2,1-2H3/t11-/m1/s1. The van der Waals surface area contributed by atoms with Crippen LogP contribution in [0.25, 0.3) is 0 Å². The van der Waals surface area contributed by atoms with Gasteiger partial charge >= 0.3 is 0 Å². The van der Waals surface area contributed by atoms with Crippen molar-refractivity contribution in [2.45, 2.75) is 26.3 Å². The van der Waals surface area contributed by atoms with E-state index in [1.165, 1.54) is 5.57 Å². The number of allylic oxidation sites excluding steroid dienone is 1. The lowest BCUT2D eigenvalue weighted by Gasteiger charge is -2.35. The fourth-order valence-corrected chi connectivity index (χ4v) is 1.78. The number of piperazine rings is 1. The quantitative estimate of drug-likeness (QED) is 0.650. The van der Waals surface area contributed by atoms with E-state index in [1.54, 1.807) is 0 Å². The third kappa shape index (κ3) is 3.78. The van der Waals surface area contributed by atoms with Gasteiger partial charge in [0.15, 0.2) is 0 Å². The summed E-state index contributed by atoms with van der Waals surface area (Å²) < 4.78 is 0. The maximum atomic E-state index is 8.94. The number of hydrogen-bond acceptors (Lipinski definition) is 3. The molecule has 1 heterocycles. The van der Waals surface area contributed by atoms with Crippen molar-refractivity contribution in [3.05, 3.63) is 11.6 Å². The van der Waals surface area contributed by atoms with Crippen LogP contribution in [0, 0.1) is 0 Å². The summed E-state index contributed by atoms with van der Waals surface area (Å²) >= 11 is 0. The molecule has 2 N–H and O–H groups in total. The summed E-state index contributed by atoms with van der Waals surface area (Å²) in [4.78, 5) is 2.44. The van der Waals surface area contributed by atoms with E-state index in [9.17, 15) is 0 Å². The van der Waals surface area contributed by atoms with Crippen LogP contribution < -0.4 is 5.32 Å². The minimum atomic E-state index is 0.289. The fraction of sp³-hybridized carbons (Fsp3) is 0.818. The molecule has 0 aromatic rings. The minimum absolute atomic E-state index is 0.289. The van der Waals surface area contributed by atoms with Gasteiger partial charge in [-0.1, -0.05) is 11.6 Å². The molecule has 1 fully saturated rings. The first-order chi connectivity index (χ1) is 6.74. The molecule has 1 rings (SSSR count). The Morgan fingerprint density at radius 3 is 3.00 bits per heavy atom. The average molecular weight is 198 g/mol. The van der Waals surface area contributed by atoms with Crippen LogP contribution in [0.2, 0.25) is 0 Å². The highest BCUT2D eigenvalue weighted by Crippen LogP contribution is 2.07. The van der Waals surface area contributed by atoms with Crippen LogP contribution in [-0.4, -0.2) is 48.8 Å². The van der Waals surface area contributed by atoms with Crippen molar-refractivity contribution in [2.75, 3.05) is 32.8 Å². The first-order valence-corrected chi connectivity index (χ1v) is 5.43. The van der Waals surface area contributed by atoms with Gasteiger partial charge in [-0.25, -0.2) is 0 Å². The maximum Gasteiger partial charge on any atom is 0.0446 e. The van der Waals surface area contributed by atoms with E-state index in [4.69, 9.17) is 5.11 Å². The maximum absolute atomic E-state index is 8.94. The number of aliphatic hydroxyl groups excluding tert-OH is 1. The smallest absolute Gasteiger partial charge is 0.0446 e. The monoisotopic (exact) mass is 198 g/mol. The Hall–Kier alpha value is -0.380. The van der Waals surface area contributed by atoms with Gasteiger partial charge in [0.05, 0.1) is 0 Å². The molecule has 0 aromatic heterocycles. The fourth-order valence-electron chi connectivity index (χ4n) is 1.78. The molecule has 0 aromatic carbocycles. The highest BCUT2D eigenvalue weighted by atomic mass is 16.3. The lowest BCUT2D eigenvalue weighted by molar-refractivity contribution is 0.143. The summed E-state index contributed by atoms with van der Waals surface area (Å²) in [5.41, 5.74) is 1.37. The molecule has 0 spiro atoms. The third-order valence-corrected chi connectivity index (χ3v) is 2.67. The molecule has 0 aliphatic carbocycles. The van der Waals surface area contributed by atoms with Crippen molar-refractivity contribution in [3.63, 3.8) is 0 Å². The van der Waals surface area contributed by atoms with Crippen molar-refractivity contribution in [1.82, 2.24) is 10.2 Å². The van der Waals surface area contributed by atoms with Gasteiger partial charge in [-0.05, 0) is 20.3 Å². The Kier molecular flexibility index (Phi) is 5.15. The van der Waals surface area contributed by atoms with Crippen molar-refractivity contribution in [2.24, 2.45) is 0 Å². The van der Waals surface area contributed by atoms with Crippen LogP contribution in [0.15, 0.2) is 11.6 Å². The molecule has 1 atom stereocenters. The van der Waals surface area contributed by atoms with Crippen LogP contribution >= 0.6 is 0 Å². The van der Waals surface area contributed by atoms with Crippen molar-refractivity contribution in [1.29, 1.82) is 0 Å². The first-order valence-electron chi connectivity index (χ1n) is 5.43. The van der Waals surface area contributed by atoms with Gasteiger partial charge in [-0.3, -0.25) is 4.90 Å². The lowest BCUT2D eigenvalue weighted by Crippen LogP contribution is -2.51. The van der Waals surface area contributed by atoms with Crippen LogP contribution in [0.3, 0.4) is 0 Å². The van der Waals surface area contributed by atoms with Gasteiger partial charge < -0.3 is 10.4 Å². The molecule has 1 aliphatic rings. The second-order valence-corrected chi connectivity index (χ2v) is 4.15. The highest BCUT2D eigenvalue weighted by Gasteiger charge is 2.19. The van der Waals surface area contributed by atoms with Gasteiger partial charge in [0.2, 0.25) is 0 Å². The summed E-state index contributed by atoms with van der Waals surface area (Å²) in [5, 5.41) is 12.3. The normalized spacial score (nSPS) is 23.5. The Morgan fingerprint density at radius 2 is 2.36 bits per heavy atom. The molecule has 3 nitrogen and oxygen atoms in total. The molecule has 0 amide bonds. The zero-order chi connectivity index (χ0) is 10.4. The summed E-state index contributed by atoms with van der Waals surface area (Å²) in [5.74, 6) is 0. The van der Waals surface area contributed by atoms with E-state index in [1.807, 2.05) is 0 Å². The van der Waals surface area contributed by atoms with Gasteiger partial charge in [0, 0.05) is 38.8 Å². The zero-order valence-corrected chi connectivity index (χ0v) is 9.29. The first kappa shape index (κ1) is 11.7. The molecular weight excluding hydrogens is 176 g/mol. The molecule has 0 bridgehead atoms. The molecule has 82 valence electrons. The third-order valence-electron chi connectivity index (χ3n) is 2.67. The topological polar surface area (TPSA) is 35.5 Å². The van der Waals surface area contributed by atoms with Gasteiger partial charge in [0.25, 0.3) is 0 Å². The number of hydrogen-bond donors (Lipinski definition) is 2. The lowest BCUT2D eigenvalue weighted by atomic mass is 10.1. The van der Waals surface area contributed by atoms with Crippen molar-refractivity contribution >= 4 is 0 Å². The highest BCUT2D eigenvalue weighted by molar-refractivity contribution is 4.96. The molecule has 0 unspecified atom stereocenters. The number of nitrogens with one attached hydrogen (secondary N) is 1. The average Bonchev–Trinajstić information content (AvgIpc) is 2.17. The molecule has 14 heavy (non-hydrogen) atoms. The molecule has 0 saturated carbocycles. The molecule has 1 aliphatic heterocycles. The zero-order valence-electron chi connectivity index (χ0n) is 9.29. The van der Waals surface area contributed by atoms with Gasteiger partial charge in [0.1, 0.15) is 0 Å². The predicted octanol–water partition coefficient (Wildman–Crippen LogP) is 0.609. The van der Waals surface area contributed by atoms with Crippen LogP contribution in [0.5, 0.6) is 0 Å². The largest absolute Gasteiger partial charge is 0.396 e. The van der Waals surface area contributed by atoms with Crippen LogP contribution in [-0.2, 0) is 0 Å².